The summed E-state index contributed by atoms with van der Waals surface area (Å²) >= 11 is 0. The highest BCUT2D eigenvalue weighted by molar-refractivity contribution is 6.03. The van der Waals surface area contributed by atoms with E-state index < -0.39 is 0 Å². The summed E-state index contributed by atoms with van der Waals surface area (Å²) in [4.78, 5) is 20.8. The number of anilines is 2. The topological polar surface area (TPSA) is 66.9 Å². The number of hydrogen-bond acceptors (Lipinski definition) is 4. The van der Waals surface area contributed by atoms with Crippen LogP contribution < -0.4 is 10.6 Å². The van der Waals surface area contributed by atoms with E-state index in [4.69, 9.17) is 0 Å². The SMILES string of the molecule is CC(C)c1ccc(NC(=O)c2cnc(NC3CCCC3)nc2)cc1. The Morgan fingerprint density at radius 2 is 1.71 bits per heavy atom. The van der Waals surface area contributed by atoms with E-state index in [-0.39, 0.29) is 5.91 Å². The normalized spacial score (nSPS) is 14.8. The second-order valence-electron chi connectivity index (χ2n) is 6.65. The van der Waals surface area contributed by atoms with Gasteiger partial charge in [-0.25, -0.2) is 9.97 Å². The Morgan fingerprint density at radius 1 is 1.08 bits per heavy atom. The van der Waals surface area contributed by atoms with E-state index in [1.807, 2.05) is 24.3 Å². The molecule has 1 aromatic carbocycles. The molecule has 0 bridgehead atoms. The van der Waals surface area contributed by atoms with Crippen LogP contribution in [0.1, 0.15) is 61.4 Å². The molecular formula is C19H24N4O. The van der Waals surface area contributed by atoms with Gasteiger partial charge < -0.3 is 10.6 Å². The van der Waals surface area contributed by atoms with E-state index in [2.05, 4.69) is 34.4 Å². The highest BCUT2D eigenvalue weighted by atomic mass is 16.1. The molecule has 0 saturated heterocycles. The number of nitrogens with zero attached hydrogens (tertiary/aromatic N) is 2. The first kappa shape index (κ1) is 16.4. The molecule has 5 nitrogen and oxygen atoms in total. The molecule has 0 atom stereocenters. The van der Waals surface area contributed by atoms with Crippen molar-refractivity contribution >= 4 is 17.5 Å². The van der Waals surface area contributed by atoms with Gasteiger partial charge in [0.15, 0.2) is 0 Å². The van der Waals surface area contributed by atoms with E-state index in [1.165, 1.54) is 18.4 Å². The van der Waals surface area contributed by atoms with Gasteiger partial charge in [0.2, 0.25) is 5.95 Å². The first-order valence-electron chi connectivity index (χ1n) is 8.62. The molecule has 0 unspecified atom stereocenters. The zero-order valence-corrected chi connectivity index (χ0v) is 14.2. The van der Waals surface area contributed by atoms with E-state index in [9.17, 15) is 4.79 Å². The summed E-state index contributed by atoms with van der Waals surface area (Å²) in [6, 6.07) is 8.37. The van der Waals surface area contributed by atoms with Crippen molar-refractivity contribution in [1.29, 1.82) is 0 Å². The maximum Gasteiger partial charge on any atom is 0.258 e. The van der Waals surface area contributed by atoms with Crippen LogP contribution in [0.15, 0.2) is 36.7 Å². The fraction of sp³-hybridized carbons (Fsp3) is 0.421. The first-order valence-corrected chi connectivity index (χ1v) is 8.62. The monoisotopic (exact) mass is 324 g/mol. The van der Waals surface area contributed by atoms with Crippen LogP contribution in [0.5, 0.6) is 0 Å². The number of rotatable bonds is 5. The molecule has 1 saturated carbocycles. The molecule has 24 heavy (non-hydrogen) atoms. The molecule has 0 aliphatic heterocycles. The smallest absolute Gasteiger partial charge is 0.258 e. The largest absolute Gasteiger partial charge is 0.351 e. The molecule has 1 fully saturated rings. The molecule has 5 heteroatoms. The highest BCUT2D eigenvalue weighted by Gasteiger charge is 2.16. The Bertz CT molecular complexity index is 674. The number of nitrogens with one attached hydrogen (secondary N) is 2. The van der Waals surface area contributed by atoms with E-state index in [0.717, 1.165) is 18.5 Å². The van der Waals surface area contributed by atoms with Crippen molar-refractivity contribution in [3.63, 3.8) is 0 Å². The fourth-order valence-corrected chi connectivity index (χ4v) is 2.93. The second kappa shape index (κ2) is 7.43. The molecule has 126 valence electrons. The van der Waals surface area contributed by atoms with Gasteiger partial charge in [0.25, 0.3) is 5.91 Å². The lowest BCUT2D eigenvalue weighted by Crippen LogP contribution is -2.18. The van der Waals surface area contributed by atoms with Crippen LogP contribution in [0.3, 0.4) is 0 Å². The molecule has 0 radical (unpaired) electrons. The minimum absolute atomic E-state index is 0.195. The summed E-state index contributed by atoms with van der Waals surface area (Å²) in [5, 5.41) is 6.20. The van der Waals surface area contributed by atoms with Crippen LogP contribution >= 0.6 is 0 Å². The number of aromatic nitrogens is 2. The molecule has 3 rings (SSSR count). The standard InChI is InChI=1S/C19H24N4O/c1-13(2)14-7-9-17(10-8-14)22-18(24)15-11-20-19(21-12-15)23-16-5-3-4-6-16/h7-13,16H,3-6H2,1-2H3,(H,22,24)(H,20,21,23). The maximum absolute atomic E-state index is 12.3. The van der Waals surface area contributed by atoms with Gasteiger partial charge in [0.1, 0.15) is 0 Å². The van der Waals surface area contributed by atoms with Gasteiger partial charge in [0, 0.05) is 24.1 Å². The number of carbonyl (C=O) groups is 1. The van der Waals surface area contributed by atoms with Gasteiger partial charge in [-0.15, -0.1) is 0 Å². The fourth-order valence-electron chi connectivity index (χ4n) is 2.93. The van der Waals surface area contributed by atoms with Crippen molar-refractivity contribution in [2.75, 3.05) is 10.6 Å². The molecule has 1 aromatic heterocycles. The average molecular weight is 324 g/mol. The van der Waals surface area contributed by atoms with Crippen LogP contribution in [0.4, 0.5) is 11.6 Å². The van der Waals surface area contributed by atoms with Crippen molar-refractivity contribution in [3.05, 3.63) is 47.8 Å². The number of benzene rings is 1. The van der Waals surface area contributed by atoms with Crippen molar-refractivity contribution in [2.45, 2.75) is 51.5 Å². The predicted molar refractivity (Wildman–Crippen MR) is 96.4 cm³/mol. The zero-order chi connectivity index (χ0) is 16.9. The Morgan fingerprint density at radius 3 is 2.29 bits per heavy atom. The number of amides is 1. The molecular weight excluding hydrogens is 300 g/mol. The Labute approximate surface area is 142 Å². The molecule has 1 heterocycles. The summed E-state index contributed by atoms with van der Waals surface area (Å²) in [7, 11) is 0. The van der Waals surface area contributed by atoms with Gasteiger partial charge in [-0.05, 0) is 36.5 Å². The maximum atomic E-state index is 12.3. The van der Waals surface area contributed by atoms with Crippen molar-refractivity contribution < 1.29 is 4.79 Å². The molecule has 1 aliphatic rings. The van der Waals surface area contributed by atoms with Gasteiger partial charge >= 0.3 is 0 Å². The summed E-state index contributed by atoms with van der Waals surface area (Å²) in [5.74, 6) is 0.877. The number of hydrogen-bond donors (Lipinski definition) is 2. The van der Waals surface area contributed by atoms with E-state index in [1.54, 1.807) is 12.4 Å². The second-order valence-corrected chi connectivity index (χ2v) is 6.65. The predicted octanol–water partition coefficient (Wildman–Crippen LogP) is 4.21. The quantitative estimate of drug-likeness (QED) is 0.864. The molecule has 2 aromatic rings. The van der Waals surface area contributed by atoms with Crippen LogP contribution in [0, 0.1) is 0 Å². The summed E-state index contributed by atoms with van der Waals surface area (Å²) in [6.07, 6.45) is 7.99. The van der Waals surface area contributed by atoms with Gasteiger partial charge in [-0.1, -0.05) is 38.8 Å². The van der Waals surface area contributed by atoms with Gasteiger partial charge in [-0.3, -0.25) is 4.79 Å². The van der Waals surface area contributed by atoms with Gasteiger partial charge in [0.05, 0.1) is 5.56 Å². The van der Waals surface area contributed by atoms with Crippen molar-refractivity contribution in [2.24, 2.45) is 0 Å². The lowest BCUT2D eigenvalue weighted by atomic mass is 10.0. The van der Waals surface area contributed by atoms with E-state index in [0.29, 0.717) is 23.5 Å². The van der Waals surface area contributed by atoms with Crippen molar-refractivity contribution in [1.82, 2.24) is 9.97 Å². The van der Waals surface area contributed by atoms with Crippen LogP contribution in [-0.2, 0) is 0 Å². The van der Waals surface area contributed by atoms with E-state index >= 15 is 0 Å². The van der Waals surface area contributed by atoms with Crippen LogP contribution in [0.25, 0.3) is 0 Å². The summed E-state index contributed by atoms with van der Waals surface area (Å²) in [5.41, 5.74) is 2.48. The minimum atomic E-state index is -0.195. The lowest BCUT2D eigenvalue weighted by Gasteiger charge is -2.11. The molecule has 2 N–H and O–H groups in total. The Balaban J connectivity index is 1.60. The molecule has 0 spiro atoms. The Kier molecular flexibility index (Phi) is 5.08. The average Bonchev–Trinajstić information content (AvgIpc) is 3.09. The third-order valence-electron chi connectivity index (χ3n) is 4.44. The van der Waals surface area contributed by atoms with Crippen LogP contribution in [0.2, 0.25) is 0 Å². The Hall–Kier alpha value is -2.43. The number of carbonyl (C=O) groups excluding carboxylic acids is 1. The zero-order valence-electron chi connectivity index (χ0n) is 14.2. The highest BCUT2D eigenvalue weighted by Crippen LogP contribution is 2.21. The molecule has 1 aliphatic carbocycles. The third-order valence-corrected chi connectivity index (χ3v) is 4.44. The van der Waals surface area contributed by atoms with Crippen molar-refractivity contribution in [3.8, 4) is 0 Å². The van der Waals surface area contributed by atoms with Gasteiger partial charge in [-0.2, -0.15) is 0 Å². The van der Waals surface area contributed by atoms with Crippen LogP contribution in [-0.4, -0.2) is 21.9 Å². The minimum Gasteiger partial charge on any atom is -0.351 e. The lowest BCUT2D eigenvalue weighted by molar-refractivity contribution is 0.102. The first-order chi connectivity index (χ1) is 11.6. The third kappa shape index (κ3) is 4.10. The molecule has 1 amide bonds. The summed E-state index contributed by atoms with van der Waals surface area (Å²) in [6.45, 7) is 4.29. The summed E-state index contributed by atoms with van der Waals surface area (Å²) < 4.78 is 0.